The average Bonchev–Trinajstić information content (AvgIpc) is 3.08. The molecule has 3 aromatic rings. The van der Waals surface area contributed by atoms with Crippen molar-refractivity contribution in [2.24, 2.45) is 17.9 Å². The molecule has 4 heteroatoms. The van der Waals surface area contributed by atoms with Crippen molar-refractivity contribution in [2.45, 2.75) is 80.7 Å². The Morgan fingerprint density at radius 3 is 2.31 bits per heavy atom. The zero-order valence-corrected chi connectivity index (χ0v) is 19.6. The van der Waals surface area contributed by atoms with E-state index in [1.54, 1.807) is 0 Å². The van der Waals surface area contributed by atoms with Crippen molar-refractivity contribution < 1.29 is 0 Å². The van der Waals surface area contributed by atoms with E-state index >= 15 is 0 Å². The summed E-state index contributed by atoms with van der Waals surface area (Å²) in [5.41, 5.74) is 6.62. The molecular weight excluding hydrogens is 356 g/mol. The van der Waals surface area contributed by atoms with E-state index in [9.17, 15) is 0 Å². The number of imidazole rings is 1. The Labute approximate surface area is 176 Å². The molecule has 2 aromatic heterocycles. The quantitative estimate of drug-likeness (QED) is 0.491. The smallest absolute Gasteiger partial charge is 0.109 e. The van der Waals surface area contributed by atoms with Crippen LogP contribution in [0.25, 0.3) is 11.0 Å². The normalized spacial score (nSPS) is 12.8. The Morgan fingerprint density at radius 1 is 0.966 bits per heavy atom. The van der Waals surface area contributed by atoms with Gasteiger partial charge >= 0.3 is 0 Å². The number of hydrogen-bond acceptors (Lipinski definition) is 2. The molecule has 0 bridgehead atoms. The Morgan fingerprint density at radius 2 is 1.69 bits per heavy atom. The maximum Gasteiger partial charge on any atom is 0.109 e. The summed E-state index contributed by atoms with van der Waals surface area (Å²) in [6, 6.07) is 8.97. The van der Waals surface area contributed by atoms with Crippen LogP contribution in [0.4, 0.5) is 0 Å². The summed E-state index contributed by atoms with van der Waals surface area (Å²) in [5.74, 6) is 1.19. The third-order valence-corrected chi connectivity index (χ3v) is 5.92. The van der Waals surface area contributed by atoms with Crippen LogP contribution >= 0.6 is 0 Å². The molecule has 0 aliphatic heterocycles. The predicted octanol–water partition coefficient (Wildman–Crippen LogP) is 6.02. The van der Waals surface area contributed by atoms with E-state index in [4.69, 9.17) is 4.98 Å². The van der Waals surface area contributed by atoms with Gasteiger partial charge in [-0.05, 0) is 67.7 Å². The van der Waals surface area contributed by atoms with Crippen LogP contribution in [0.1, 0.15) is 70.2 Å². The highest BCUT2D eigenvalue weighted by molar-refractivity contribution is 5.76. The number of aromatic nitrogens is 4. The monoisotopic (exact) mass is 394 g/mol. The van der Waals surface area contributed by atoms with Gasteiger partial charge in [0.25, 0.3) is 0 Å². The highest BCUT2D eigenvalue weighted by Crippen LogP contribution is 2.29. The van der Waals surface area contributed by atoms with Gasteiger partial charge in [0.05, 0.1) is 16.7 Å². The molecule has 3 rings (SSSR count). The fourth-order valence-electron chi connectivity index (χ4n) is 4.07. The molecule has 29 heavy (non-hydrogen) atoms. The van der Waals surface area contributed by atoms with E-state index in [1.165, 1.54) is 22.6 Å². The van der Waals surface area contributed by atoms with Gasteiger partial charge in [-0.15, -0.1) is 0 Å². The zero-order chi connectivity index (χ0) is 21.4. The van der Waals surface area contributed by atoms with E-state index in [0.29, 0.717) is 5.41 Å². The lowest BCUT2D eigenvalue weighted by atomic mass is 9.82. The third kappa shape index (κ3) is 5.49. The molecule has 0 amide bonds. The number of aryl methyl sites for hydroxylation is 5. The van der Waals surface area contributed by atoms with Crippen LogP contribution in [0.5, 0.6) is 0 Å². The summed E-state index contributed by atoms with van der Waals surface area (Å²) >= 11 is 0. The lowest BCUT2D eigenvalue weighted by Crippen LogP contribution is -2.19. The fraction of sp³-hybridized carbons (Fsp3) is 0.600. The minimum atomic E-state index is 0.212. The summed E-state index contributed by atoms with van der Waals surface area (Å²) in [7, 11) is 2.14. The molecule has 0 saturated carbocycles. The molecule has 0 unspecified atom stereocenters. The van der Waals surface area contributed by atoms with E-state index in [-0.39, 0.29) is 5.41 Å². The largest absolute Gasteiger partial charge is 0.331 e. The van der Waals surface area contributed by atoms with Crippen LogP contribution in [-0.4, -0.2) is 19.3 Å². The van der Waals surface area contributed by atoms with Gasteiger partial charge in [-0.3, -0.25) is 4.68 Å². The second-order valence-corrected chi connectivity index (χ2v) is 10.7. The van der Waals surface area contributed by atoms with Crippen molar-refractivity contribution in [3.8, 4) is 0 Å². The van der Waals surface area contributed by atoms with Crippen molar-refractivity contribution in [2.75, 3.05) is 0 Å². The van der Waals surface area contributed by atoms with E-state index in [2.05, 4.69) is 94.1 Å². The Kier molecular flexibility index (Phi) is 5.93. The first-order chi connectivity index (χ1) is 13.4. The summed E-state index contributed by atoms with van der Waals surface area (Å²) in [4.78, 5) is 4.96. The van der Waals surface area contributed by atoms with Gasteiger partial charge in [0.1, 0.15) is 5.82 Å². The molecule has 0 N–H and O–H groups in total. The third-order valence-electron chi connectivity index (χ3n) is 5.92. The number of benzene rings is 1. The summed E-state index contributed by atoms with van der Waals surface area (Å²) in [6.45, 7) is 16.8. The lowest BCUT2D eigenvalue weighted by molar-refractivity contribution is 0.302. The highest BCUT2D eigenvalue weighted by Gasteiger charge is 2.20. The first-order valence-electron chi connectivity index (χ1n) is 10.9. The van der Waals surface area contributed by atoms with Gasteiger partial charge in [0.2, 0.25) is 0 Å². The molecule has 2 heterocycles. The summed E-state index contributed by atoms with van der Waals surface area (Å²) in [5, 5.41) is 4.61. The van der Waals surface area contributed by atoms with Gasteiger partial charge in [0.15, 0.2) is 0 Å². The molecule has 0 saturated heterocycles. The topological polar surface area (TPSA) is 35.6 Å². The number of fused-ring (bicyclic) bond motifs is 1. The number of hydrogen-bond donors (Lipinski definition) is 0. The minimum absolute atomic E-state index is 0.212. The predicted molar refractivity (Wildman–Crippen MR) is 122 cm³/mol. The first kappa shape index (κ1) is 21.6. The van der Waals surface area contributed by atoms with Crippen molar-refractivity contribution >= 4 is 11.0 Å². The maximum absolute atomic E-state index is 4.96. The van der Waals surface area contributed by atoms with Gasteiger partial charge in [-0.2, -0.15) is 5.10 Å². The van der Waals surface area contributed by atoms with E-state index in [0.717, 1.165) is 43.4 Å². The number of rotatable bonds is 7. The molecule has 0 aliphatic rings. The zero-order valence-electron chi connectivity index (χ0n) is 19.6. The van der Waals surface area contributed by atoms with Crippen molar-refractivity contribution in [1.29, 1.82) is 0 Å². The Hall–Kier alpha value is -2.10. The minimum Gasteiger partial charge on any atom is -0.331 e. The molecule has 0 aliphatic carbocycles. The van der Waals surface area contributed by atoms with Crippen LogP contribution in [0.15, 0.2) is 24.3 Å². The maximum atomic E-state index is 4.96. The molecule has 0 atom stereocenters. The van der Waals surface area contributed by atoms with Crippen molar-refractivity contribution in [1.82, 2.24) is 19.3 Å². The second-order valence-electron chi connectivity index (χ2n) is 10.7. The van der Waals surface area contributed by atoms with Crippen LogP contribution in [-0.2, 0) is 26.4 Å². The van der Waals surface area contributed by atoms with Gasteiger partial charge in [-0.1, -0.05) is 40.7 Å². The highest BCUT2D eigenvalue weighted by atomic mass is 15.3. The Bertz CT molecular complexity index is 982. The standard InChI is InChI=1S/C25H38N4/c1-18-15-19(2)29(27-18)14-13-25(6,7)17-20-9-10-22-21(16-20)26-23(28(22)8)11-12-24(3,4)5/h9-10,15-16H,11-14,17H2,1-8H3. The lowest BCUT2D eigenvalue weighted by Gasteiger charge is -2.25. The molecule has 0 fully saturated rings. The van der Waals surface area contributed by atoms with Crippen LogP contribution in [0.2, 0.25) is 0 Å². The van der Waals surface area contributed by atoms with E-state index in [1.807, 2.05) is 0 Å². The van der Waals surface area contributed by atoms with Gasteiger partial charge < -0.3 is 4.57 Å². The molecule has 0 radical (unpaired) electrons. The summed E-state index contributed by atoms with van der Waals surface area (Å²) in [6.07, 6.45) is 4.33. The number of nitrogens with zero attached hydrogens (tertiary/aromatic N) is 4. The SMILES string of the molecule is Cc1cc(C)n(CCC(C)(C)Cc2ccc3c(c2)nc(CCC(C)(C)C)n3C)n1. The van der Waals surface area contributed by atoms with Crippen molar-refractivity contribution in [3.05, 3.63) is 47.0 Å². The second kappa shape index (κ2) is 7.97. The average molecular weight is 395 g/mol. The molecule has 4 nitrogen and oxygen atoms in total. The molecule has 1 aromatic carbocycles. The Balaban J connectivity index is 1.71. The molecule has 158 valence electrons. The van der Waals surface area contributed by atoms with Crippen LogP contribution in [0.3, 0.4) is 0 Å². The van der Waals surface area contributed by atoms with Gasteiger partial charge in [0, 0.05) is 25.7 Å². The molecular formula is C25H38N4. The fourth-order valence-corrected chi connectivity index (χ4v) is 4.07. The van der Waals surface area contributed by atoms with Gasteiger partial charge in [-0.25, -0.2) is 4.98 Å². The summed E-state index contributed by atoms with van der Waals surface area (Å²) < 4.78 is 4.40. The van der Waals surface area contributed by atoms with Crippen LogP contribution in [0, 0.1) is 24.7 Å². The van der Waals surface area contributed by atoms with Crippen molar-refractivity contribution in [3.63, 3.8) is 0 Å². The van der Waals surface area contributed by atoms with Crippen LogP contribution < -0.4 is 0 Å². The van der Waals surface area contributed by atoms with E-state index < -0.39 is 0 Å². The first-order valence-corrected chi connectivity index (χ1v) is 10.9. The molecule has 0 spiro atoms.